The van der Waals surface area contributed by atoms with Crippen molar-refractivity contribution in [3.8, 4) is 0 Å². The van der Waals surface area contributed by atoms with Crippen LogP contribution in [-0.2, 0) is 0 Å². The highest BCUT2D eigenvalue weighted by molar-refractivity contribution is 5.85. The summed E-state index contributed by atoms with van der Waals surface area (Å²) in [5.41, 5.74) is 6.59. The Morgan fingerprint density at radius 3 is 2.60 bits per heavy atom. The van der Waals surface area contributed by atoms with Crippen LogP contribution < -0.4 is 5.73 Å². The number of nitrogens with zero attached hydrogens (tertiary/aromatic N) is 1. The molecule has 0 aliphatic rings. The van der Waals surface area contributed by atoms with E-state index in [1.165, 1.54) is 12.3 Å². The maximum absolute atomic E-state index is 12.2. The molecule has 0 saturated heterocycles. The van der Waals surface area contributed by atoms with Crippen molar-refractivity contribution in [2.45, 2.75) is 6.92 Å². The Kier molecular flexibility index (Phi) is 3.09. The smallest absolute Gasteiger partial charge is 0.214 e. The van der Waals surface area contributed by atoms with Crippen LogP contribution in [0.4, 0.5) is 10.1 Å². The summed E-state index contributed by atoms with van der Waals surface area (Å²) in [5, 5.41) is 0. The van der Waals surface area contributed by atoms with E-state index in [-0.39, 0.29) is 12.4 Å². The third kappa shape index (κ3) is 1.84. The van der Waals surface area contributed by atoms with Gasteiger partial charge in [0.05, 0.1) is 0 Å². The molecule has 1 aromatic heterocycles. The first kappa shape index (κ1) is 9.17. The zero-order chi connectivity index (χ0) is 6.85. The van der Waals surface area contributed by atoms with Crippen LogP contribution in [-0.4, -0.2) is 4.98 Å². The predicted octanol–water partition coefficient (Wildman–Crippen LogP) is 1.53. The quantitative estimate of drug-likeness (QED) is 0.588. The summed E-state index contributed by atoms with van der Waals surface area (Å²) in [4.78, 5) is 3.39. The van der Waals surface area contributed by atoms with Crippen molar-refractivity contribution in [2.75, 3.05) is 5.73 Å². The Bertz CT molecular complexity index is 227. The number of aromatic nitrogens is 1. The maximum atomic E-state index is 12.2. The molecule has 0 radical (unpaired) electrons. The molecule has 0 spiro atoms. The molecule has 0 atom stereocenters. The first-order chi connectivity index (χ1) is 4.20. The SMILES string of the molecule is Cc1cnc(F)cc1N.Cl. The lowest BCUT2D eigenvalue weighted by Crippen LogP contribution is -1.92. The summed E-state index contributed by atoms with van der Waals surface area (Å²) in [7, 11) is 0. The Hall–Kier alpha value is -0.830. The molecule has 2 nitrogen and oxygen atoms in total. The second-order valence-corrected chi connectivity index (χ2v) is 1.86. The Labute approximate surface area is 64.7 Å². The lowest BCUT2D eigenvalue weighted by atomic mass is 10.3. The summed E-state index contributed by atoms with van der Waals surface area (Å²) in [5.74, 6) is -0.530. The van der Waals surface area contributed by atoms with Gasteiger partial charge in [-0.25, -0.2) is 4.98 Å². The van der Waals surface area contributed by atoms with Crippen molar-refractivity contribution in [3.63, 3.8) is 0 Å². The van der Waals surface area contributed by atoms with Gasteiger partial charge in [-0.3, -0.25) is 0 Å². The number of nitrogens with two attached hydrogens (primary N) is 1. The molecule has 0 aliphatic carbocycles. The number of nitrogen functional groups attached to an aromatic ring is 1. The molecule has 0 amide bonds. The van der Waals surface area contributed by atoms with Gasteiger partial charge in [0.15, 0.2) is 0 Å². The largest absolute Gasteiger partial charge is 0.398 e. The van der Waals surface area contributed by atoms with E-state index >= 15 is 0 Å². The van der Waals surface area contributed by atoms with Gasteiger partial charge in [0, 0.05) is 18.0 Å². The lowest BCUT2D eigenvalue weighted by Gasteiger charge is -1.95. The van der Waals surface area contributed by atoms with E-state index in [4.69, 9.17) is 5.73 Å². The van der Waals surface area contributed by atoms with Crippen LogP contribution >= 0.6 is 12.4 Å². The van der Waals surface area contributed by atoms with Crippen molar-refractivity contribution in [1.82, 2.24) is 4.98 Å². The van der Waals surface area contributed by atoms with Gasteiger partial charge < -0.3 is 5.73 Å². The molecule has 4 heteroatoms. The van der Waals surface area contributed by atoms with Gasteiger partial charge in [-0.15, -0.1) is 12.4 Å². The summed E-state index contributed by atoms with van der Waals surface area (Å²) in [6.45, 7) is 1.78. The predicted molar refractivity (Wildman–Crippen MR) is 40.6 cm³/mol. The third-order valence-electron chi connectivity index (χ3n) is 1.11. The van der Waals surface area contributed by atoms with Crippen molar-refractivity contribution in [3.05, 3.63) is 23.8 Å². The van der Waals surface area contributed by atoms with Crippen LogP contribution in [0.2, 0.25) is 0 Å². The van der Waals surface area contributed by atoms with Gasteiger partial charge in [-0.2, -0.15) is 4.39 Å². The molecular formula is C6H8ClFN2. The number of hydrogen-bond acceptors (Lipinski definition) is 2. The van der Waals surface area contributed by atoms with Gasteiger partial charge in [-0.05, 0) is 12.5 Å². The number of rotatable bonds is 0. The van der Waals surface area contributed by atoms with Crippen molar-refractivity contribution in [1.29, 1.82) is 0 Å². The molecule has 0 saturated carbocycles. The van der Waals surface area contributed by atoms with E-state index in [0.717, 1.165) is 5.56 Å². The van der Waals surface area contributed by atoms with Gasteiger partial charge in [0.25, 0.3) is 0 Å². The van der Waals surface area contributed by atoms with Gasteiger partial charge in [0.1, 0.15) is 0 Å². The normalized spacial score (nSPS) is 8.60. The zero-order valence-corrected chi connectivity index (χ0v) is 6.28. The molecule has 0 aromatic carbocycles. The maximum Gasteiger partial charge on any atom is 0.214 e. The average molecular weight is 163 g/mol. The van der Waals surface area contributed by atoms with Gasteiger partial charge in [-0.1, -0.05) is 0 Å². The van der Waals surface area contributed by atoms with E-state index in [9.17, 15) is 4.39 Å². The molecule has 56 valence electrons. The standard InChI is InChI=1S/C6H7FN2.ClH/c1-4-3-9-6(7)2-5(4)8;/h2-3H,1H3,(H2,8,9);1H. The van der Waals surface area contributed by atoms with E-state index < -0.39 is 5.95 Å². The molecule has 10 heavy (non-hydrogen) atoms. The second kappa shape index (κ2) is 3.37. The van der Waals surface area contributed by atoms with Crippen molar-refractivity contribution < 1.29 is 4.39 Å². The highest BCUT2D eigenvalue weighted by Gasteiger charge is 1.94. The number of hydrogen-bond donors (Lipinski definition) is 1. The minimum atomic E-state index is -0.530. The monoisotopic (exact) mass is 162 g/mol. The first-order valence-corrected chi connectivity index (χ1v) is 2.58. The summed E-state index contributed by atoms with van der Waals surface area (Å²) in [6, 6.07) is 1.20. The highest BCUT2D eigenvalue weighted by Crippen LogP contribution is 2.07. The molecule has 0 aliphatic heterocycles. The minimum Gasteiger partial charge on any atom is -0.398 e. The first-order valence-electron chi connectivity index (χ1n) is 2.58. The fourth-order valence-electron chi connectivity index (χ4n) is 0.512. The molecule has 1 aromatic rings. The van der Waals surface area contributed by atoms with E-state index in [2.05, 4.69) is 4.98 Å². The Morgan fingerprint density at radius 1 is 1.60 bits per heavy atom. The van der Waals surface area contributed by atoms with Crippen LogP contribution in [0.5, 0.6) is 0 Å². The van der Waals surface area contributed by atoms with E-state index in [1.54, 1.807) is 6.92 Å². The van der Waals surface area contributed by atoms with Crippen LogP contribution in [0.3, 0.4) is 0 Å². The molecule has 2 N–H and O–H groups in total. The van der Waals surface area contributed by atoms with Gasteiger partial charge >= 0.3 is 0 Å². The number of aryl methyl sites for hydroxylation is 1. The molecule has 0 fully saturated rings. The second-order valence-electron chi connectivity index (χ2n) is 1.86. The number of anilines is 1. The summed E-state index contributed by atoms with van der Waals surface area (Å²) < 4.78 is 12.2. The van der Waals surface area contributed by atoms with Crippen LogP contribution in [0.15, 0.2) is 12.3 Å². The fraction of sp³-hybridized carbons (Fsp3) is 0.167. The number of halogens is 2. The molecule has 0 bridgehead atoms. The minimum absolute atomic E-state index is 0. The molecule has 0 unspecified atom stereocenters. The van der Waals surface area contributed by atoms with Crippen molar-refractivity contribution in [2.24, 2.45) is 0 Å². The fourth-order valence-corrected chi connectivity index (χ4v) is 0.512. The topological polar surface area (TPSA) is 38.9 Å². The number of pyridine rings is 1. The molecule has 1 rings (SSSR count). The van der Waals surface area contributed by atoms with Crippen LogP contribution in [0.25, 0.3) is 0 Å². The van der Waals surface area contributed by atoms with Crippen LogP contribution in [0, 0.1) is 12.9 Å². The molecular weight excluding hydrogens is 155 g/mol. The van der Waals surface area contributed by atoms with E-state index in [0.29, 0.717) is 5.69 Å². The van der Waals surface area contributed by atoms with Crippen molar-refractivity contribution >= 4 is 18.1 Å². The lowest BCUT2D eigenvalue weighted by molar-refractivity contribution is 0.584. The Morgan fingerprint density at radius 2 is 2.20 bits per heavy atom. The molecule has 1 heterocycles. The summed E-state index contributed by atoms with van der Waals surface area (Å²) in [6.07, 6.45) is 1.41. The zero-order valence-electron chi connectivity index (χ0n) is 5.47. The summed E-state index contributed by atoms with van der Waals surface area (Å²) >= 11 is 0. The average Bonchev–Trinajstić information content (AvgIpc) is 1.80. The highest BCUT2D eigenvalue weighted by atomic mass is 35.5. The van der Waals surface area contributed by atoms with Crippen LogP contribution in [0.1, 0.15) is 5.56 Å². The Balaban J connectivity index is 0.000000810. The van der Waals surface area contributed by atoms with E-state index in [1.807, 2.05) is 0 Å². The third-order valence-corrected chi connectivity index (χ3v) is 1.11. The van der Waals surface area contributed by atoms with Gasteiger partial charge in [0.2, 0.25) is 5.95 Å².